The van der Waals surface area contributed by atoms with E-state index in [-0.39, 0.29) is 11.9 Å². The number of nitrogens with one attached hydrogen (secondary N) is 1. The first-order valence-corrected chi connectivity index (χ1v) is 7.45. The number of hydrogen-bond acceptors (Lipinski definition) is 4. The number of hydrogen-bond donors (Lipinski definition) is 1. The summed E-state index contributed by atoms with van der Waals surface area (Å²) >= 11 is 0. The van der Waals surface area contributed by atoms with Crippen LogP contribution in [0.3, 0.4) is 0 Å². The van der Waals surface area contributed by atoms with Gasteiger partial charge in [-0.05, 0) is 31.9 Å². The molecule has 0 bridgehead atoms. The second-order valence-corrected chi connectivity index (χ2v) is 6.07. The fourth-order valence-electron chi connectivity index (χ4n) is 4.49. The molecule has 1 aromatic carbocycles. The Morgan fingerprint density at radius 1 is 1.43 bits per heavy atom. The standard InChI is InChI=1S/C16H18N2O3/c1-21-14(19)12-9-10-5-4-8-18(10)16(12)11-6-2-3-7-13(11)17-15(16)20/h2-3,6-7,10,12H,4-5,8-9H2,1H3,(H,17,20)/t10-,12+,16-/m0/s1. The number of rotatable bonds is 1. The highest BCUT2D eigenvalue weighted by atomic mass is 16.5. The van der Waals surface area contributed by atoms with Gasteiger partial charge < -0.3 is 10.1 Å². The van der Waals surface area contributed by atoms with Gasteiger partial charge in [-0.1, -0.05) is 18.2 Å². The molecule has 1 N–H and O–H groups in total. The quantitative estimate of drug-likeness (QED) is 0.795. The van der Waals surface area contributed by atoms with Gasteiger partial charge in [0.1, 0.15) is 5.54 Å². The van der Waals surface area contributed by atoms with Gasteiger partial charge in [-0.25, -0.2) is 0 Å². The largest absolute Gasteiger partial charge is 0.469 e. The molecule has 0 radical (unpaired) electrons. The van der Waals surface area contributed by atoms with Crippen molar-refractivity contribution in [3.05, 3.63) is 29.8 Å². The highest BCUT2D eigenvalue weighted by molar-refractivity contribution is 6.08. The molecule has 3 heterocycles. The molecule has 1 amide bonds. The van der Waals surface area contributed by atoms with Crippen LogP contribution in [0.5, 0.6) is 0 Å². The average Bonchev–Trinajstić information content (AvgIpc) is 3.13. The predicted molar refractivity (Wildman–Crippen MR) is 76.6 cm³/mol. The van der Waals surface area contributed by atoms with E-state index in [1.807, 2.05) is 24.3 Å². The minimum atomic E-state index is -0.870. The summed E-state index contributed by atoms with van der Waals surface area (Å²) in [6.07, 6.45) is 2.83. The van der Waals surface area contributed by atoms with Crippen molar-refractivity contribution in [2.75, 3.05) is 19.0 Å². The summed E-state index contributed by atoms with van der Waals surface area (Å²) in [7, 11) is 1.40. The first-order chi connectivity index (χ1) is 10.2. The van der Waals surface area contributed by atoms with E-state index >= 15 is 0 Å². The van der Waals surface area contributed by atoms with Gasteiger partial charge in [0.05, 0.1) is 13.0 Å². The second-order valence-electron chi connectivity index (χ2n) is 6.07. The van der Waals surface area contributed by atoms with Gasteiger partial charge in [-0.2, -0.15) is 0 Å². The van der Waals surface area contributed by atoms with Crippen molar-refractivity contribution in [3.63, 3.8) is 0 Å². The Hall–Kier alpha value is -1.88. The summed E-state index contributed by atoms with van der Waals surface area (Å²) in [5.74, 6) is -0.781. The second kappa shape index (κ2) is 4.31. The fraction of sp³-hybridized carbons (Fsp3) is 0.500. The average molecular weight is 286 g/mol. The first-order valence-electron chi connectivity index (χ1n) is 7.45. The normalized spacial score (nSPS) is 33.9. The van der Waals surface area contributed by atoms with Gasteiger partial charge in [0, 0.05) is 17.3 Å². The molecule has 21 heavy (non-hydrogen) atoms. The number of anilines is 1. The minimum absolute atomic E-state index is 0.0801. The summed E-state index contributed by atoms with van der Waals surface area (Å²) in [6, 6.07) is 8.00. The summed E-state index contributed by atoms with van der Waals surface area (Å²) in [4.78, 5) is 27.4. The third kappa shape index (κ3) is 1.44. The van der Waals surface area contributed by atoms with Crippen LogP contribution in [0.2, 0.25) is 0 Å². The van der Waals surface area contributed by atoms with Crippen LogP contribution in [0.4, 0.5) is 5.69 Å². The van der Waals surface area contributed by atoms with Crippen molar-refractivity contribution in [2.24, 2.45) is 5.92 Å². The van der Waals surface area contributed by atoms with Crippen molar-refractivity contribution in [1.82, 2.24) is 4.90 Å². The van der Waals surface area contributed by atoms with E-state index in [0.29, 0.717) is 12.5 Å². The highest BCUT2D eigenvalue weighted by Crippen LogP contribution is 2.55. The van der Waals surface area contributed by atoms with Crippen LogP contribution >= 0.6 is 0 Å². The van der Waals surface area contributed by atoms with E-state index in [0.717, 1.165) is 30.6 Å². The zero-order valence-corrected chi connectivity index (χ0v) is 12.0. The fourth-order valence-corrected chi connectivity index (χ4v) is 4.49. The number of ether oxygens (including phenoxy) is 1. The molecular formula is C16H18N2O3. The van der Waals surface area contributed by atoms with E-state index in [2.05, 4.69) is 10.2 Å². The van der Waals surface area contributed by atoms with E-state index in [4.69, 9.17) is 4.74 Å². The molecule has 0 saturated carbocycles. The van der Waals surface area contributed by atoms with Crippen molar-refractivity contribution in [2.45, 2.75) is 30.8 Å². The third-order valence-corrected chi connectivity index (χ3v) is 5.26. The molecule has 0 unspecified atom stereocenters. The molecule has 3 aliphatic rings. The molecule has 1 spiro atoms. The van der Waals surface area contributed by atoms with Crippen LogP contribution < -0.4 is 5.32 Å². The van der Waals surface area contributed by atoms with E-state index in [9.17, 15) is 9.59 Å². The van der Waals surface area contributed by atoms with Gasteiger partial charge in [-0.3, -0.25) is 14.5 Å². The van der Waals surface area contributed by atoms with Crippen LogP contribution in [-0.2, 0) is 19.9 Å². The van der Waals surface area contributed by atoms with Crippen molar-refractivity contribution >= 4 is 17.6 Å². The van der Waals surface area contributed by atoms with Crippen molar-refractivity contribution < 1.29 is 14.3 Å². The Kier molecular flexibility index (Phi) is 2.63. The zero-order valence-electron chi connectivity index (χ0n) is 12.0. The summed E-state index contributed by atoms with van der Waals surface area (Å²) in [6.45, 7) is 0.861. The monoisotopic (exact) mass is 286 g/mol. The van der Waals surface area contributed by atoms with E-state index < -0.39 is 11.5 Å². The van der Waals surface area contributed by atoms with Crippen molar-refractivity contribution in [3.8, 4) is 0 Å². The number of carbonyl (C=O) groups excluding carboxylic acids is 2. The topological polar surface area (TPSA) is 58.6 Å². The summed E-state index contributed by atoms with van der Waals surface area (Å²) in [5.41, 5.74) is 0.879. The molecule has 5 heteroatoms. The zero-order chi connectivity index (χ0) is 14.6. The van der Waals surface area contributed by atoms with Crippen LogP contribution in [0, 0.1) is 5.92 Å². The number of methoxy groups -OCH3 is 1. The number of benzene rings is 1. The lowest BCUT2D eigenvalue weighted by Crippen LogP contribution is -2.52. The van der Waals surface area contributed by atoms with Crippen LogP contribution in [0.15, 0.2) is 24.3 Å². The molecule has 0 aromatic heterocycles. The van der Waals surface area contributed by atoms with Gasteiger partial charge >= 0.3 is 5.97 Å². The first kappa shape index (κ1) is 12.8. The van der Waals surface area contributed by atoms with Gasteiger partial charge in [0.15, 0.2) is 0 Å². The third-order valence-electron chi connectivity index (χ3n) is 5.26. The number of fused-ring (bicyclic) bond motifs is 4. The Labute approximate surface area is 123 Å². The molecule has 3 atom stereocenters. The van der Waals surface area contributed by atoms with Crippen molar-refractivity contribution in [1.29, 1.82) is 0 Å². The maximum atomic E-state index is 12.9. The molecule has 110 valence electrons. The highest BCUT2D eigenvalue weighted by Gasteiger charge is 2.65. The Balaban J connectivity index is 1.93. The molecule has 2 saturated heterocycles. The lowest BCUT2D eigenvalue weighted by atomic mass is 9.79. The van der Waals surface area contributed by atoms with Gasteiger partial charge in [-0.15, -0.1) is 0 Å². The number of esters is 1. The smallest absolute Gasteiger partial charge is 0.311 e. The maximum Gasteiger partial charge on any atom is 0.311 e. The van der Waals surface area contributed by atoms with Gasteiger partial charge in [0.25, 0.3) is 5.91 Å². The van der Waals surface area contributed by atoms with Crippen LogP contribution in [0.25, 0.3) is 0 Å². The number of amides is 1. The Bertz CT molecular complexity index is 630. The van der Waals surface area contributed by atoms with E-state index in [1.165, 1.54) is 7.11 Å². The predicted octanol–water partition coefficient (Wildman–Crippen LogP) is 1.49. The SMILES string of the molecule is COC(=O)[C@H]1C[C@@H]2CCCN2[C@]12C(=O)Nc1ccccc12. The molecule has 5 nitrogen and oxygen atoms in total. The Morgan fingerprint density at radius 3 is 3.05 bits per heavy atom. The number of carbonyl (C=O) groups is 2. The van der Waals surface area contributed by atoms with Crippen LogP contribution in [-0.4, -0.2) is 36.5 Å². The summed E-state index contributed by atoms with van der Waals surface area (Å²) < 4.78 is 5.00. The maximum absolute atomic E-state index is 12.9. The number of nitrogens with zero attached hydrogens (tertiary/aromatic N) is 1. The van der Waals surface area contributed by atoms with Gasteiger partial charge in [0.2, 0.25) is 0 Å². The molecular weight excluding hydrogens is 268 g/mol. The molecule has 4 rings (SSSR count). The summed E-state index contributed by atoms with van der Waals surface area (Å²) in [5, 5.41) is 2.96. The molecule has 3 aliphatic heterocycles. The Morgan fingerprint density at radius 2 is 2.24 bits per heavy atom. The van der Waals surface area contributed by atoms with E-state index in [1.54, 1.807) is 0 Å². The lowest BCUT2D eigenvalue weighted by molar-refractivity contribution is -0.152. The molecule has 2 fully saturated rings. The molecule has 0 aliphatic carbocycles. The minimum Gasteiger partial charge on any atom is -0.469 e. The van der Waals surface area contributed by atoms with Crippen LogP contribution in [0.1, 0.15) is 24.8 Å². The molecule has 1 aromatic rings. The lowest BCUT2D eigenvalue weighted by Gasteiger charge is -2.35. The number of para-hydroxylation sites is 1.